The number of anilines is 1. The number of carbonyl (C=O) groups excluding carboxylic acids is 2. The number of carbonyl (C=O) groups is 2. The molecule has 2 amide bonds. The first-order valence-corrected chi connectivity index (χ1v) is 11.0. The van der Waals surface area contributed by atoms with Crippen molar-refractivity contribution in [1.82, 2.24) is 5.32 Å². The van der Waals surface area contributed by atoms with Crippen molar-refractivity contribution in [2.45, 2.75) is 44.1 Å². The zero-order valence-corrected chi connectivity index (χ0v) is 17.8. The molecule has 1 atom stereocenters. The summed E-state index contributed by atoms with van der Waals surface area (Å²) in [6.45, 7) is 5.43. The molecule has 1 heterocycles. The second kappa shape index (κ2) is 10.5. The summed E-state index contributed by atoms with van der Waals surface area (Å²) >= 11 is 1.66. The van der Waals surface area contributed by atoms with E-state index in [4.69, 9.17) is 4.74 Å². The van der Waals surface area contributed by atoms with Crippen molar-refractivity contribution in [2.24, 2.45) is 0 Å². The maximum atomic E-state index is 12.5. The molecule has 1 saturated heterocycles. The zero-order chi connectivity index (χ0) is 20.6. The molecule has 29 heavy (non-hydrogen) atoms. The van der Waals surface area contributed by atoms with Gasteiger partial charge in [0.1, 0.15) is 0 Å². The molecule has 1 unspecified atom stereocenters. The summed E-state index contributed by atoms with van der Waals surface area (Å²) in [7, 11) is 0. The van der Waals surface area contributed by atoms with Gasteiger partial charge in [-0.15, -0.1) is 11.8 Å². The Hall–Kier alpha value is -2.31. The van der Waals surface area contributed by atoms with Gasteiger partial charge in [0, 0.05) is 30.2 Å². The minimum absolute atomic E-state index is 0.0862. The van der Waals surface area contributed by atoms with E-state index < -0.39 is 0 Å². The summed E-state index contributed by atoms with van der Waals surface area (Å²) in [5.41, 5.74) is 3.53. The van der Waals surface area contributed by atoms with Crippen LogP contribution in [0.1, 0.15) is 40.7 Å². The van der Waals surface area contributed by atoms with Crippen LogP contribution in [0, 0.1) is 13.8 Å². The third kappa shape index (κ3) is 6.34. The Morgan fingerprint density at radius 2 is 1.97 bits per heavy atom. The van der Waals surface area contributed by atoms with Crippen LogP contribution in [0.5, 0.6) is 0 Å². The molecular weight excluding hydrogens is 384 g/mol. The molecule has 1 fully saturated rings. The maximum absolute atomic E-state index is 12.5. The van der Waals surface area contributed by atoms with Crippen molar-refractivity contribution in [3.63, 3.8) is 0 Å². The number of hydrogen-bond donors (Lipinski definition) is 2. The SMILES string of the molecule is Cc1ccc(SCCC(=O)Nc2ccccc2C(=O)NCC2CCCO2)cc1C. The number of benzene rings is 2. The molecule has 1 aliphatic rings. The van der Waals surface area contributed by atoms with Crippen molar-refractivity contribution in [3.8, 4) is 0 Å². The summed E-state index contributed by atoms with van der Waals surface area (Å²) in [6, 6.07) is 13.4. The largest absolute Gasteiger partial charge is 0.376 e. The molecule has 0 radical (unpaired) electrons. The number of thioether (sulfide) groups is 1. The fraction of sp³-hybridized carbons (Fsp3) is 0.391. The van der Waals surface area contributed by atoms with Gasteiger partial charge >= 0.3 is 0 Å². The van der Waals surface area contributed by atoms with Gasteiger partial charge in [0.2, 0.25) is 5.91 Å². The molecule has 0 saturated carbocycles. The quantitative estimate of drug-likeness (QED) is 0.633. The van der Waals surface area contributed by atoms with Gasteiger partial charge in [-0.2, -0.15) is 0 Å². The summed E-state index contributed by atoms with van der Waals surface area (Å²) < 4.78 is 5.54. The molecule has 2 aromatic rings. The molecule has 0 aromatic heterocycles. The average molecular weight is 413 g/mol. The lowest BCUT2D eigenvalue weighted by atomic mass is 10.1. The molecule has 1 aliphatic heterocycles. The fourth-order valence-electron chi connectivity index (χ4n) is 3.18. The van der Waals surface area contributed by atoms with E-state index in [-0.39, 0.29) is 17.9 Å². The van der Waals surface area contributed by atoms with Crippen LogP contribution in [0.3, 0.4) is 0 Å². The van der Waals surface area contributed by atoms with Gasteiger partial charge in [0.25, 0.3) is 5.91 Å². The minimum Gasteiger partial charge on any atom is -0.376 e. The standard InChI is InChI=1S/C23H28N2O3S/c1-16-9-10-19(14-17(16)2)29-13-11-22(26)25-21-8-4-3-7-20(21)23(27)24-15-18-6-5-12-28-18/h3-4,7-10,14,18H,5-6,11-13,15H2,1-2H3,(H,24,27)(H,25,26). The zero-order valence-electron chi connectivity index (χ0n) is 17.0. The molecule has 2 N–H and O–H groups in total. The number of ether oxygens (including phenoxy) is 1. The van der Waals surface area contributed by atoms with Gasteiger partial charge in [-0.05, 0) is 62.1 Å². The van der Waals surface area contributed by atoms with E-state index in [0.717, 1.165) is 24.3 Å². The molecular formula is C23H28N2O3S. The Morgan fingerprint density at radius 1 is 1.14 bits per heavy atom. The van der Waals surface area contributed by atoms with Crippen LogP contribution >= 0.6 is 11.8 Å². The maximum Gasteiger partial charge on any atom is 0.253 e. The minimum atomic E-state index is -0.194. The Labute approximate surface area is 176 Å². The lowest BCUT2D eigenvalue weighted by molar-refractivity contribution is -0.115. The number of amides is 2. The second-order valence-electron chi connectivity index (χ2n) is 7.28. The van der Waals surface area contributed by atoms with Gasteiger partial charge in [0.15, 0.2) is 0 Å². The smallest absolute Gasteiger partial charge is 0.253 e. The lowest BCUT2D eigenvalue weighted by Gasteiger charge is -2.14. The monoisotopic (exact) mass is 412 g/mol. The molecule has 154 valence electrons. The number of hydrogen-bond acceptors (Lipinski definition) is 4. The first-order chi connectivity index (χ1) is 14.0. The Kier molecular flexibility index (Phi) is 7.72. The predicted octanol–water partition coefficient (Wildman–Crippen LogP) is 4.33. The molecule has 6 heteroatoms. The van der Waals surface area contributed by atoms with Gasteiger partial charge in [-0.3, -0.25) is 9.59 Å². The van der Waals surface area contributed by atoms with E-state index in [2.05, 4.69) is 42.7 Å². The number of nitrogens with one attached hydrogen (secondary N) is 2. The van der Waals surface area contributed by atoms with E-state index in [1.807, 2.05) is 6.07 Å². The Morgan fingerprint density at radius 3 is 2.72 bits per heavy atom. The highest BCUT2D eigenvalue weighted by Crippen LogP contribution is 2.22. The second-order valence-corrected chi connectivity index (χ2v) is 8.45. The van der Waals surface area contributed by atoms with Crippen LogP contribution < -0.4 is 10.6 Å². The van der Waals surface area contributed by atoms with Gasteiger partial charge in [-0.25, -0.2) is 0 Å². The highest BCUT2D eigenvalue weighted by atomic mass is 32.2. The molecule has 0 bridgehead atoms. The van der Waals surface area contributed by atoms with Crippen molar-refractivity contribution >= 4 is 29.3 Å². The van der Waals surface area contributed by atoms with E-state index in [0.29, 0.717) is 30.0 Å². The number of aryl methyl sites for hydroxylation is 2. The number of para-hydroxylation sites is 1. The van der Waals surface area contributed by atoms with Crippen molar-refractivity contribution in [1.29, 1.82) is 0 Å². The molecule has 5 nitrogen and oxygen atoms in total. The van der Waals surface area contributed by atoms with E-state index in [1.165, 1.54) is 11.1 Å². The molecule has 2 aromatic carbocycles. The summed E-state index contributed by atoms with van der Waals surface area (Å²) in [5, 5.41) is 5.79. The molecule has 0 spiro atoms. The highest BCUT2D eigenvalue weighted by molar-refractivity contribution is 7.99. The average Bonchev–Trinajstić information content (AvgIpc) is 3.23. The summed E-state index contributed by atoms with van der Waals surface area (Å²) in [4.78, 5) is 26.1. The van der Waals surface area contributed by atoms with Crippen molar-refractivity contribution in [3.05, 3.63) is 59.2 Å². The summed E-state index contributed by atoms with van der Waals surface area (Å²) in [5.74, 6) is 0.392. The molecule has 0 aliphatic carbocycles. The van der Waals surface area contributed by atoms with E-state index >= 15 is 0 Å². The third-order valence-corrected chi connectivity index (χ3v) is 6.03. The van der Waals surface area contributed by atoms with Crippen LogP contribution in [0.15, 0.2) is 47.4 Å². The first kappa shape index (κ1) is 21.4. The van der Waals surface area contributed by atoms with Gasteiger partial charge in [0.05, 0.1) is 17.4 Å². The van der Waals surface area contributed by atoms with Gasteiger partial charge < -0.3 is 15.4 Å². The lowest BCUT2D eigenvalue weighted by Crippen LogP contribution is -2.32. The van der Waals surface area contributed by atoms with Crippen molar-refractivity contribution in [2.75, 3.05) is 24.2 Å². The topological polar surface area (TPSA) is 67.4 Å². The van der Waals surface area contributed by atoms with Crippen LogP contribution in [-0.4, -0.2) is 36.8 Å². The van der Waals surface area contributed by atoms with E-state index in [9.17, 15) is 9.59 Å². The predicted molar refractivity (Wildman–Crippen MR) is 118 cm³/mol. The van der Waals surface area contributed by atoms with Crippen LogP contribution in [0.25, 0.3) is 0 Å². The number of rotatable bonds is 8. The normalized spacial score (nSPS) is 15.9. The van der Waals surface area contributed by atoms with Crippen molar-refractivity contribution < 1.29 is 14.3 Å². The third-order valence-electron chi connectivity index (χ3n) is 5.04. The van der Waals surface area contributed by atoms with E-state index in [1.54, 1.807) is 30.0 Å². The first-order valence-electron chi connectivity index (χ1n) is 10.0. The van der Waals surface area contributed by atoms with Gasteiger partial charge in [-0.1, -0.05) is 18.2 Å². The van der Waals surface area contributed by atoms with Crippen LogP contribution in [0.2, 0.25) is 0 Å². The molecule has 3 rings (SSSR count). The highest BCUT2D eigenvalue weighted by Gasteiger charge is 2.18. The Balaban J connectivity index is 1.50. The summed E-state index contributed by atoms with van der Waals surface area (Å²) in [6.07, 6.45) is 2.47. The Bertz CT molecular complexity index is 863. The fourth-order valence-corrected chi connectivity index (χ4v) is 4.12. The van der Waals surface area contributed by atoms with Crippen LogP contribution in [-0.2, 0) is 9.53 Å². The van der Waals surface area contributed by atoms with Crippen LogP contribution in [0.4, 0.5) is 5.69 Å².